The molecule has 6 nitrogen and oxygen atoms in total. The number of likely N-dealkylation sites (N-methyl/N-ethyl adjacent to an activating group) is 1. The van der Waals surface area contributed by atoms with Gasteiger partial charge >= 0.3 is 0 Å². The Hall–Kier alpha value is -2.37. The van der Waals surface area contributed by atoms with Crippen LogP contribution < -0.4 is 10.2 Å². The summed E-state index contributed by atoms with van der Waals surface area (Å²) in [6, 6.07) is 7.02. The van der Waals surface area contributed by atoms with Crippen molar-refractivity contribution in [2.24, 2.45) is 5.92 Å². The molecule has 1 aliphatic carbocycles. The van der Waals surface area contributed by atoms with Gasteiger partial charge in [-0.2, -0.15) is 0 Å². The van der Waals surface area contributed by atoms with E-state index in [-0.39, 0.29) is 42.6 Å². The Morgan fingerprint density at radius 1 is 1.29 bits per heavy atom. The van der Waals surface area contributed by atoms with Crippen LogP contribution in [0.2, 0.25) is 0 Å². The average Bonchev–Trinajstić information content (AvgIpc) is 2.59. The fourth-order valence-electron chi connectivity index (χ4n) is 3.29. The van der Waals surface area contributed by atoms with Crippen LogP contribution >= 0.6 is 0 Å². The van der Waals surface area contributed by atoms with Crippen LogP contribution in [0.3, 0.4) is 0 Å². The summed E-state index contributed by atoms with van der Waals surface area (Å²) in [5.41, 5.74) is 1.32. The molecule has 1 N–H and O–H groups in total. The molecule has 0 spiro atoms. The second kappa shape index (κ2) is 6.63. The fraction of sp³-hybridized carbons (Fsp3) is 0.500. The number of hydrogen-bond acceptors (Lipinski definition) is 3. The topological polar surface area (TPSA) is 69.7 Å². The molecule has 2 aliphatic rings. The first kappa shape index (κ1) is 16.5. The molecule has 1 fully saturated rings. The maximum absolute atomic E-state index is 12.9. The molecule has 1 atom stereocenters. The van der Waals surface area contributed by atoms with Crippen molar-refractivity contribution in [3.8, 4) is 0 Å². The lowest BCUT2D eigenvalue weighted by Crippen LogP contribution is -2.47. The first-order valence-electron chi connectivity index (χ1n) is 8.43. The van der Waals surface area contributed by atoms with Crippen LogP contribution in [0, 0.1) is 5.92 Å². The first-order chi connectivity index (χ1) is 11.5. The summed E-state index contributed by atoms with van der Waals surface area (Å²) in [5, 5.41) is 2.84. The average molecular weight is 329 g/mol. The van der Waals surface area contributed by atoms with E-state index in [2.05, 4.69) is 5.32 Å². The molecule has 0 radical (unpaired) electrons. The Balaban J connectivity index is 1.79. The number of nitrogens with zero attached hydrogens (tertiary/aromatic N) is 2. The second-order valence-corrected chi connectivity index (χ2v) is 6.70. The predicted molar refractivity (Wildman–Crippen MR) is 91.6 cm³/mol. The highest BCUT2D eigenvalue weighted by Gasteiger charge is 2.33. The first-order valence-corrected chi connectivity index (χ1v) is 8.43. The van der Waals surface area contributed by atoms with E-state index in [1.165, 1.54) is 4.90 Å². The van der Waals surface area contributed by atoms with Crippen LogP contribution in [-0.2, 0) is 14.4 Å². The van der Waals surface area contributed by atoms with Gasteiger partial charge in [0.2, 0.25) is 17.7 Å². The van der Waals surface area contributed by atoms with Crippen molar-refractivity contribution >= 4 is 29.1 Å². The van der Waals surface area contributed by atoms with Crippen molar-refractivity contribution in [1.29, 1.82) is 0 Å². The van der Waals surface area contributed by atoms with Gasteiger partial charge in [0.15, 0.2) is 0 Å². The van der Waals surface area contributed by atoms with Gasteiger partial charge in [-0.05, 0) is 31.9 Å². The van der Waals surface area contributed by atoms with Gasteiger partial charge in [-0.15, -0.1) is 0 Å². The maximum atomic E-state index is 12.9. The van der Waals surface area contributed by atoms with Gasteiger partial charge < -0.3 is 15.1 Å². The summed E-state index contributed by atoms with van der Waals surface area (Å²) in [7, 11) is 1.68. The number of carbonyl (C=O) groups is 3. The molecule has 3 amide bonds. The van der Waals surface area contributed by atoms with Crippen LogP contribution in [-0.4, -0.2) is 42.3 Å². The zero-order chi connectivity index (χ0) is 17.3. The van der Waals surface area contributed by atoms with E-state index >= 15 is 0 Å². The minimum absolute atomic E-state index is 0.0300. The highest BCUT2D eigenvalue weighted by molar-refractivity contribution is 6.05. The molecular formula is C18H23N3O3. The highest BCUT2D eigenvalue weighted by atomic mass is 16.2. The van der Waals surface area contributed by atoms with Crippen LogP contribution in [0.4, 0.5) is 11.4 Å². The Morgan fingerprint density at radius 2 is 2.00 bits per heavy atom. The molecule has 3 rings (SSSR count). The Kier molecular flexibility index (Phi) is 4.55. The normalized spacial score (nSPS) is 20.5. The number of para-hydroxylation sites is 2. The Morgan fingerprint density at radius 3 is 2.67 bits per heavy atom. The Bertz CT molecular complexity index is 669. The molecule has 0 aromatic heterocycles. The van der Waals surface area contributed by atoms with E-state index in [4.69, 9.17) is 0 Å². The molecule has 1 aliphatic heterocycles. The molecule has 24 heavy (non-hydrogen) atoms. The van der Waals surface area contributed by atoms with Crippen LogP contribution in [0.5, 0.6) is 0 Å². The van der Waals surface area contributed by atoms with E-state index in [9.17, 15) is 14.4 Å². The molecule has 1 aromatic carbocycles. The number of carbonyl (C=O) groups excluding carboxylic acids is 3. The quantitative estimate of drug-likeness (QED) is 0.922. The third kappa shape index (κ3) is 3.13. The smallest absolute Gasteiger partial charge is 0.246 e. The SMILES string of the molecule is C[C@@H]1CC(=O)Nc2ccccc2N1C(=O)CN(C)C(=O)C1CCC1. The summed E-state index contributed by atoms with van der Waals surface area (Å²) < 4.78 is 0. The zero-order valence-corrected chi connectivity index (χ0v) is 14.1. The van der Waals surface area contributed by atoms with Gasteiger partial charge in [-0.25, -0.2) is 0 Å². The molecule has 1 saturated carbocycles. The van der Waals surface area contributed by atoms with Crippen molar-refractivity contribution in [3.63, 3.8) is 0 Å². The van der Waals surface area contributed by atoms with Crippen molar-refractivity contribution in [2.75, 3.05) is 23.8 Å². The standard InChI is InChI=1S/C18H23N3O3/c1-12-10-16(22)19-14-8-3-4-9-15(14)21(12)17(23)11-20(2)18(24)13-6-5-7-13/h3-4,8-9,12-13H,5-7,10-11H2,1-2H3,(H,19,22)/t12-/m1/s1. The van der Waals surface area contributed by atoms with Gasteiger partial charge in [0.1, 0.15) is 0 Å². The summed E-state index contributed by atoms with van der Waals surface area (Å²) in [5.74, 6) is -0.162. The maximum Gasteiger partial charge on any atom is 0.246 e. The molecule has 128 valence electrons. The van der Waals surface area contributed by atoms with E-state index in [1.807, 2.05) is 25.1 Å². The largest absolute Gasteiger partial charge is 0.336 e. The molecule has 0 unspecified atom stereocenters. The number of amides is 3. The van der Waals surface area contributed by atoms with Gasteiger partial charge in [0.25, 0.3) is 0 Å². The predicted octanol–water partition coefficient (Wildman–Crippen LogP) is 2.01. The van der Waals surface area contributed by atoms with E-state index in [0.717, 1.165) is 19.3 Å². The zero-order valence-electron chi connectivity index (χ0n) is 14.1. The number of benzene rings is 1. The molecule has 0 saturated heterocycles. The van der Waals surface area contributed by atoms with E-state index < -0.39 is 0 Å². The van der Waals surface area contributed by atoms with Crippen LogP contribution in [0.25, 0.3) is 0 Å². The van der Waals surface area contributed by atoms with Gasteiger partial charge in [0, 0.05) is 25.4 Å². The van der Waals surface area contributed by atoms with Crippen molar-refractivity contribution in [2.45, 2.75) is 38.6 Å². The monoisotopic (exact) mass is 329 g/mol. The number of hydrogen-bond donors (Lipinski definition) is 1. The lowest BCUT2D eigenvalue weighted by Gasteiger charge is -2.32. The van der Waals surface area contributed by atoms with E-state index in [1.54, 1.807) is 18.0 Å². The summed E-state index contributed by atoms with van der Waals surface area (Å²) in [6.45, 7) is 1.88. The summed E-state index contributed by atoms with van der Waals surface area (Å²) >= 11 is 0. The van der Waals surface area contributed by atoms with Crippen molar-refractivity contribution < 1.29 is 14.4 Å². The van der Waals surface area contributed by atoms with Gasteiger partial charge in [-0.3, -0.25) is 14.4 Å². The van der Waals surface area contributed by atoms with Gasteiger partial charge in [-0.1, -0.05) is 18.6 Å². The lowest BCUT2D eigenvalue weighted by atomic mass is 9.84. The second-order valence-electron chi connectivity index (χ2n) is 6.70. The number of fused-ring (bicyclic) bond motifs is 1. The number of anilines is 2. The van der Waals surface area contributed by atoms with E-state index in [0.29, 0.717) is 11.4 Å². The minimum atomic E-state index is -0.256. The molecule has 1 heterocycles. The molecule has 0 bridgehead atoms. The third-order valence-electron chi connectivity index (χ3n) is 4.83. The third-order valence-corrected chi connectivity index (χ3v) is 4.83. The van der Waals surface area contributed by atoms with Crippen molar-refractivity contribution in [1.82, 2.24) is 4.90 Å². The number of rotatable bonds is 3. The molecule has 6 heteroatoms. The molecular weight excluding hydrogens is 306 g/mol. The lowest BCUT2D eigenvalue weighted by molar-refractivity contribution is -0.139. The van der Waals surface area contributed by atoms with Gasteiger partial charge in [0.05, 0.1) is 17.9 Å². The summed E-state index contributed by atoms with van der Waals surface area (Å²) in [4.78, 5) is 40.3. The van der Waals surface area contributed by atoms with Crippen molar-refractivity contribution in [3.05, 3.63) is 24.3 Å². The fourth-order valence-corrected chi connectivity index (χ4v) is 3.29. The Labute approximate surface area is 141 Å². The number of nitrogens with one attached hydrogen (secondary N) is 1. The molecule has 1 aromatic rings. The highest BCUT2D eigenvalue weighted by Crippen LogP contribution is 2.32. The minimum Gasteiger partial charge on any atom is -0.336 e. The summed E-state index contributed by atoms with van der Waals surface area (Å²) in [6.07, 6.45) is 3.15. The van der Waals surface area contributed by atoms with Crippen LogP contribution in [0.15, 0.2) is 24.3 Å². The van der Waals surface area contributed by atoms with Crippen LogP contribution in [0.1, 0.15) is 32.6 Å².